The van der Waals surface area contributed by atoms with Crippen LogP contribution < -0.4 is 10.6 Å². The third-order valence-corrected chi connectivity index (χ3v) is 5.46. The number of aromatic nitrogens is 2. The molecule has 1 saturated heterocycles. The van der Waals surface area contributed by atoms with E-state index in [4.69, 9.17) is 16.1 Å². The maximum absolute atomic E-state index is 5.90. The zero-order valence-corrected chi connectivity index (χ0v) is 18.5. The molecule has 0 aliphatic carbocycles. The Balaban J connectivity index is 0.00000243. The first-order valence-electron chi connectivity index (χ1n) is 8.47. The number of halogens is 2. The number of guanidine groups is 1. The average molecular weight is 508 g/mol. The summed E-state index contributed by atoms with van der Waals surface area (Å²) in [4.78, 5) is 8.93. The van der Waals surface area contributed by atoms with Crippen LogP contribution in [-0.2, 0) is 6.54 Å². The second-order valence-corrected chi connectivity index (χ2v) is 7.57. The topological polar surface area (TPSA) is 75.3 Å². The Labute approximate surface area is 180 Å². The molecule has 2 N–H and O–H groups in total. The van der Waals surface area contributed by atoms with Crippen LogP contribution in [0.4, 0.5) is 0 Å². The second-order valence-electron chi connectivity index (χ2n) is 5.73. The molecule has 6 nitrogen and oxygen atoms in total. The first kappa shape index (κ1) is 21.3. The van der Waals surface area contributed by atoms with Crippen LogP contribution in [0.5, 0.6) is 0 Å². The van der Waals surface area contributed by atoms with Gasteiger partial charge in [-0.3, -0.25) is 0 Å². The summed E-state index contributed by atoms with van der Waals surface area (Å²) in [5, 5.41) is 12.0. The summed E-state index contributed by atoms with van der Waals surface area (Å²) < 4.78 is 5.29. The van der Waals surface area contributed by atoms with E-state index in [0.29, 0.717) is 28.5 Å². The number of thioether (sulfide) groups is 1. The molecule has 2 heterocycles. The third kappa shape index (κ3) is 6.31. The number of hydrogen-bond donors (Lipinski definition) is 2. The predicted octanol–water partition coefficient (Wildman–Crippen LogP) is 3.96. The number of nitrogens with zero attached hydrogens (tertiary/aromatic N) is 3. The maximum atomic E-state index is 5.90. The minimum atomic E-state index is 0. The van der Waals surface area contributed by atoms with Gasteiger partial charge in [-0.15, -0.1) is 24.0 Å². The normalized spacial score (nSPS) is 17.0. The monoisotopic (exact) mass is 507 g/mol. The Kier molecular flexibility index (Phi) is 9.00. The van der Waals surface area contributed by atoms with Gasteiger partial charge in [-0.1, -0.05) is 16.8 Å². The summed E-state index contributed by atoms with van der Waals surface area (Å²) in [5.74, 6) is 3.07. The zero-order valence-electron chi connectivity index (χ0n) is 14.6. The fourth-order valence-electron chi connectivity index (χ4n) is 2.54. The van der Waals surface area contributed by atoms with E-state index in [1.54, 1.807) is 12.1 Å². The fraction of sp³-hybridized carbons (Fsp3) is 0.471. The molecule has 1 aliphatic rings. The van der Waals surface area contributed by atoms with Gasteiger partial charge in [-0.2, -0.15) is 16.7 Å². The molecule has 26 heavy (non-hydrogen) atoms. The summed E-state index contributed by atoms with van der Waals surface area (Å²) >= 11 is 7.92. The van der Waals surface area contributed by atoms with Crippen molar-refractivity contribution in [2.24, 2.45) is 4.99 Å². The molecule has 0 bridgehead atoms. The molecule has 1 aliphatic heterocycles. The van der Waals surface area contributed by atoms with E-state index in [0.717, 1.165) is 24.6 Å². The molecule has 2 aromatic rings. The molecule has 3 rings (SSSR count). The van der Waals surface area contributed by atoms with Gasteiger partial charge in [-0.25, -0.2) is 4.99 Å². The van der Waals surface area contributed by atoms with Crippen molar-refractivity contribution in [2.45, 2.75) is 31.6 Å². The molecule has 9 heteroatoms. The lowest BCUT2D eigenvalue weighted by Gasteiger charge is -2.14. The van der Waals surface area contributed by atoms with Gasteiger partial charge in [0.2, 0.25) is 11.7 Å². The van der Waals surface area contributed by atoms with Gasteiger partial charge >= 0.3 is 0 Å². The molecule has 1 unspecified atom stereocenters. The predicted molar refractivity (Wildman–Crippen MR) is 118 cm³/mol. The van der Waals surface area contributed by atoms with E-state index in [-0.39, 0.29) is 24.0 Å². The Bertz CT molecular complexity index is 703. The second kappa shape index (κ2) is 11.0. The first-order chi connectivity index (χ1) is 12.2. The van der Waals surface area contributed by atoms with Gasteiger partial charge in [-0.05, 0) is 49.8 Å². The number of rotatable bonds is 6. The molecule has 0 amide bonds. The summed E-state index contributed by atoms with van der Waals surface area (Å²) in [6.45, 7) is 4.13. The molecule has 0 radical (unpaired) electrons. The van der Waals surface area contributed by atoms with E-state index >= 15 is 0 Å². The van der Waals surface area contributed by atoms with Crippen LogP contribution in [-0.4, -0.2) is 40.2 Å². The fourth-order valence-corrected chi connectivity index (χ4v) is 3.87. The maximum Gasteiger partial charge on any atom is 0.248 e. The van der Waals surface area contributed by atoms with Crippen LogP contribution in [0.1, 0.15) is 25.7 Å². The highest BCUT2D eigenvalue weighted by molar-refractivity contribution is 14.0. The molecule has 1 aromatic carbocycles. The lowest BCUT2D eigenvalue weighted by molar-refractivity contribution is 0.380. The SMILES string of the molecule is CCNC(=NCc1nc(-c2ccc(Cl)cc2)no1)NCC1CCCS1.I. The van der Waals surface area contributed by atoms with Crippen LogP contribution in [0.3, 0.4) is 0 Å². The molecule has 0 saturated carbocycles. The van der Waals surface area contributed by atoms with Crippen molar-refractivity contribution in [3.63, 3.8) is 0 Å². The highest BCUT2D eigenvalue weighted by atomic mass is 127. The Morgan fingerprint density at radius 2 is 2.15 bits per heavy atom. The summed E-state index contributed by atoms with van der Waals surface area (Å²) in [6, 6.07) is 7.34. The minimum Gasteiger partial charge on any atom is -0.357 e. The Morgan fingerprint density at radius 1 is 1.35 bits per heavy atom. The molecule has 1 fully saturated rings. The molecular weight excluding hydrogens is 485 g/mol. The molecule has 0 spiro atoms. The van der Waals surface area contributed by atoms with Crippen LogP contribution in [0.25, 0.3) is 11.4 Å². The number of benzene rings is 1. The van der Waals surface area contributed by atoms with E-state index in [1.165, 1.54) is 18.6 Å². The quantitative estimate of drug-likeness (QED) is 0.350. The molecule has 1 atom stereocenters. The lowest BCUT2D eigenvalue weighted by Crippen LogP contribution is -2.40. The first-order valence-corrected chi connectivity index (χ1v) is 9.89. The van der Waals surface area contributed by atoms with Gasteiger partial charge < -0.3 is 15.2 Å². The highest BCUT2D eigenvalue weighted by Crippen LogP contribution is 2.25. The van der Waals surface area contributed by atoms with Crippen molar-refractivity contribution < 1.29 is 4.52 Å². The van der Waals surface area contributed by atoms with Gasteiger partial charge in [0.25, 0.3) is 0 Å². The van der Waals surface area contributed by atoms with Crippen LogP contribution >= 0.6 is 47.3 Å². The van der Waals surface area contributed by atoms with Crippen LogP contribution in [0.15, 0.2) is 33.8 Å². The molecule has 1 aromatic heterocycles. The van der Waals surface area contributed by atoms with E-state index in [2.05, 4.69) is 25.8 Å². The van der Waals surface area contributed by atoms with Crippen LogP contribution in [0.2, 0.25) is 5.02 Å². The number of nitrogens with one attached hydrogen (secondary N) is 2. The number of hydrogen-bond acceptors (Lipinski definition) is 5. The summed E-state index contributed by atoms with van der Waals surface area (Å²) in [7, 11) is 0. The van der Waals surface area contributed by atoms with Crippen molar-refractivity contribution in [2.75, 3.05) is 18.8 Å². The van der Waals surface area contributed by atoms with E-state index in [9.17, 15) is 0 Å². The van der Waals surface area contributed by atoms with Gasteiger partial charge in [0.1, 0.15) is 6.54 Å². The van der Waals surface area contributed by atoms with Crippen molar-refractivity contribution in [3.05, 3.63) is 35.2 Å². The van der Waals surface area contributed by atoms with Gasteiger partial charge in [0, 0.05) is 28.9 Å². The van der Waals surface area contributed by atoms with Crippen molar-refractivity contribution in [3.8, 4) is 11.4 Å². The van der Waals surface area contributed by atoms with Gasteiger partial charge in [0.15, 0.2) is 5.96 Å². The third-order valence-electron chi connectivity index (χ3n) is 3.81. The van der Waals surface area contributed by atoms with Gasteiger partial charge in [0.05, 0.1) is 0 Å². The summed E-state index contributed by atoms with van der Waals surface area (Å²) in [5.41, 5.74) is 0.867. The lowest BCUT2D eigenvalue weighted by atomic mass is 10.2. The van der Waals surface area contributed by atoms with E-state index in [1.807, 2.05) is 30.8 Å². The number of aliphatic imine (C=N–C) groups is 1. The zero-order chi connectivity index (χ0) is 17.5. The standard InChI is InChI=1S/C17H22ClN5OS.HI/c1-2-19-17(20-10-14-4-3-9-25-14)21-11-15-22-16(23-24-15)12-5-7-13(18)8-6-12;/h5-8,14H,2-4,9-11H2,1H3,(H2,19,20,21);1H. The largest absolute Gasteiger partial charge is 0.357 e. The van der Waals surface area contributed by atoms with Crippen molar-refractivity contribution >= 4 is 53.3 Å². The smallest absolute Gasteiger partial charge is 0.248 e. The van der Waals surface area contributed by atoms with Crippen LogP contribution in [0, 0.1) is 0 Å². The molecular formula is C17H23ClIN5OS. The summed E-state index contributed by atoms with van der Waals surface area (Å²) in [6.07, 6.45) is 2.57. The van der Waals surface area contributed by atoms with E-state index < -0.39 is 0 Å². The Hall–Kier alpha value is -1.000. The molecule has 142 valence electrons. The van der Waals surface area contributed by atoms with Crippen molar-refractivity contribution in [1.82, 2.24) is 20.8 Å². The highest BCUT2D eigenvalue weighted by Gasteiger charge is 2.15. The Morgan fingerprint density at radius 3 is 2.85 bits per heavy atom. The average Bonchev–Trinajstić information content (AvgIpc) is 3.30. The minimum absolute atomic E-state index is 0. The van der Waals surface area contributed by atoms with Crippen molar-refractivity contribution in [1.29, 1.82) is 0 Å².